The van der Waals surface area contributed by atoms with Gasteiger partial charge in [0.15, 0.2) is 6.10 Å². The first-order valence-corrected chi connectivity index (χ1v) is 9.67. The van der Waals surface area contributed by atoms with Crippen molar-refractivity contribution in [3.63, 3.8) is 0 Å². The third kappa shape index (κ3) is 6.55. The van der Waals surface area contributed by atoms with Crippen LogP contribution in [0.5, 0.6) is 0 Å². The first-order chi connectivity index (χ1) is 14.2. The average molecular weight is 410 g/mol. The third-order valence-electron chi connectivity index (χ3n) is 4.35. The largest absolute Gasteiger partial charge is 0.453 e. The number of hydrogen-bond acceptors (Lipinski definition) is 5. The quantitative estimate of drug-likeness (QED) is 0.514. The highest BCUT2D eigenvalue weighted by atomic mass is 16.5. The number of aryl methyl sites for hydroxylation is 1. The van der Waals surface area contributed by atoms with Crippen LogP contribution in [0.25, 0.3) is 0 Å². The summed E-state index contributed by atoms with van der Waals surface area (Å²) >= 11 is 0. The number of Topliss-reactive ketones (excluding diaryl/α,β-unsaturated/α-hetero) is 1. The monoisotopic (exact) mass is 410 g/mol. The van der Waals surface area contributed by atoms with E-state index in [2.05, 4.69) is 10.6 Å². The van der Waals surface area contributed by atoms with Crippen molar-refractivity contribution in [2.45, 2.75) is 33.8 Å². The van der Waals surface area contributed by atoms with Gasteiger partial charge in [0.2, 0.25) is 11.7 Å². The van der Waals surface area contributed by atoms with E-state index < -0.39 is 18.0 Å². The van der Waals surface area contributed by atoms with Crippen LogP contribution in [-0.4, -0.2) is 36.2 Å². The summed E-state index contributed by atoms with van der Waals surface area (Å²) in [5.41, 5.74) is 2.38. The molecule has 0 aliphatic heterocycles. The summed E-state index contributed by atoms with van der Waals surface area (Å²) in [7, 11) is 0. The zero-order valence-corrected chi connectivity index (χ0v) is 17.5. The van der Waals surface area contributed by atoms with E-state index >= 15 is 0 Å². The van der Waals surface area contributed by atoms with Crippen molar-refractivity contribution in [3.05, 3.63) is 65.2 Å². The van der Waals surface area contributed by atoms with Gasteiger partial charge in [-0.15, -0.1) is 0 Å². The predicted octanol–water partition coefficient (Wildman–Crippen LogP) is 3.13. The van der Waals surface area contributed by atoms with Crippen LogP contribution in [-0.2, 0) is 14.3 Å². The van der Waals surface area contributed by atoms with Gasteiger partial charge < -0.3 is 15.4 Å². The molecule has 0 heterocycles. The Bertz CT molecular complexity index is 918. The van der Waals surface area contributed by atoms with Crippen LogP contribution in [0, 0.1) is 12.8 Å². The van der Waals surface area contributed by atoms with Crippen LogP contribution in [0.15, 0.2) is 48.5 Å². The third-order valence-corrected chi connectivity index (χ3v) is 4.35. The number of amides is 2. The maximum atomic E-state index is 12.5. The number of anilines is 1. The second kappa shape index (κ2) is 10.3. The maximum Gasteiger partial charge on any atom is 0.326 e. The molecule has 2 aromatic rings. The Balaban J connectivity index is 1.85. The number of rotatable bonds is 8. The lowest BCUT2D eigenvalue weighted by Gasteiger charge is -2.13. The zero-order valence-electron chi connectivity index (χ0n) is 17.5. The highest BCUT2D eigenvalue weighted by molar-refractivity contribution is 6.01. The Labute approximate surface area is 175 Å². The predicted molar refractivity (Wildman–Crippen MR) is 113 cm³/mol. The fraction of sp³-hybridized carbons (Fsp3) is 0.304. The van der Waals surface area contributed by atoms with E-state index in [0.29, 0.717) is 16.8 Å². The van der Waals surface area contributed by atoms with E-state index in [9.17, 15) is 19.2 Å². The van der Waals surface area contributed by atoms with E-state index in [1.807, 2.05) is 6.92 Å². The molecule has 0 bridgehead atoms. The lowest BCUT2D eigenvalue weighted by Crippen LogP contribution is -2.34. The lowest BCUT2D eigenvalue weighted by atomic mass is 10.1. The zero-order chi connectivity index (χ0) is 22.3. The van der Waals surface area contributed by atoms with Gasteiger partial charge in [0.1, 0.15) is 6.54 Å². The number of ether oxygens (including phenoxy) is 1. The molecule has 158 valence electrons. The minimum absolute atomic E-state index is 0.121. The molecule has 0 aliphatic rings. The normalized spacial score (nSPS) is 11.5. The smallest absolute Gasteiger partial charge is 0.326 e. The lowest BCUT2D eigenvalue weighted by molar-refractivity contribution is -0.145. The van der Waals surface area contributed by atoms with Crippen molar-refractivity contribution in [1.29, 1.82) is 0 Å². The van der Waals surface area contributed by atoms with Crippen molar-refractivity contribution in [3.8, 4) is 0 Å². The number of esters is 1. The van der Waals surface area contributed by atoms with E-state index in [-0.39, 0.29) is 24.2 Å². The summed E-state index contributed by atoms with van der Waals surface area (Å²) in [5, 5.41) is 5.21. The fourth-order valence-corrected chi connectivity index (χ4v) is 2.49. The van der Waals surface area contributed by atoms with Crippen molar-refractivity contribution < 1.29 is 23.9 Å². The van der Waals surface area contributed by atoms with E-state index in [4.69, 9.17) is 4.74 Å². The van der Waals surface area contributed by atoms with E-state index in [1.165, 1.54) is 6.92 Å². The average Bonchev–Trinajstić information content (AvgIpc) is 2.72. The molecule has 2 aromatic carbocycles. The van der Waals surface area contributed by atoms with Crippen LogP contribution >= 0.6 is 0 Å². The molecule has 1 unspecified atom stereocenters. The molecule has 2 amide bonds. The highest BCUT2D eigenvalue weighted by Gasteiger charge is 2.20. The molecule has 30 heavy (non-hydrogen) atoms. The summed E-state index contributed by atoms with van der Waals surface area (Å²) < 4.78 is 5.13. The summed E-state index contributed by atoms with van der Waals surface area (Å²) in [5.74, 6) is -1.77. The summed E-state index contributed by atoms with van der Waals surface area (Å²) in [6, 6.07) is 13.3. The molecule has 0 saturated heterocycles. The molecular weight excluding hydrogens is 384 g/mol. The Morgan fingerprint density at radius 1 is 0.867 bits per heavy atom. The van der Waals surface area contributed by atoms with Gasteiger partial charge in [-0.2, -0.15) is 0 Å². The van der Waals surface area contributed by atoms with E-state index in [1.54, 1.807) is 62.4 Å². The molecule has 0 saturated carbocycles. The molecule has 1 atom stereocenters. The van der Waals surface area contributed by atoms with Gasteiger partial charge in [0.25, 0.3) is 5.91 Å². The number of carbonyl (C=O) groups is 4. The SMILES string of the molecule is Cc1ccc(C(=O)NCC(=O)OC(C)C(=O)c2ccc(NC(=O)C(C)C)cc2)cc1. The number of nitrogens with one attached hydrogen (secondary N) is 2. The topological polar surface area (TPSA) is 102 Å². The Kier molecular flexibility index (Phi) is 7.86. The van der Waals surface area contributed by atoms with Crippen molar-refractivity contribution in [1.82, 2.24) is 5.32 Å². The van der Waals surface area contributed by atoms with Crippen LogP contribution < -0.4 is 10.6 Å². The number of benzene rings is 2. The van der Waals surface area contributed by atoms with Gasteiger partial charge >= 0.3 is 5.97 Å². The van der Waals surface area contributed by atoms with Crippen molar-refractivity contribution in [2.24, 2.45) is 5.92 Å². The van der Waals surface area contributed by atoms with Crippen LogP contribution in [0.3, 0.4) is 0 Å². The Morgan fingerprint density at radius 2 is 1.43 bits per heavy atom. The van der Waals surface area contributed by atoms with Gasteiger partial charge in [0.05, 0.1) is 0 Å². The number of ketones is 1. The van der Waals surface area contributed by atoms with Crippen LogP contribution in [0.4, 0.5) is 5.69 Å². The minimum atomic E-state index is -1.01. The van der Waals surface area contributed by atoms with Crippen LogP contribution in [0.1, 0.15) is 47.1 Å². The number of hydrogen-bond donors (Lipinski definition) is 2. The summed E-state index contributed by atoms with van der Waals surface area (Å²) in [6.07, 6.45) is -1.01. The molecule has 2 N–H and O–H groups in total. The first-order valence-electron chi connectivity index (χ1n) is 9.67. The van der Waals surface area contributed by atoms with Gasteiger partial charge in [-0.3, -0.25) is 19.2 Å². The molecule has 7 heteroatoms. The second-order valence-electron chi connectivity index (χ2n) is 7.27. The summed E-state index contributed by atoms with van der Waals surface area (Å²) in [4.78, 5) is 48.2. The summed E-state index contributed by atoms with van der Waals surface area (Å²) in [6.45, 7) is 6.60. The second-order valence-corrected chi connectivity index (χ2v) is 7.27. The molecule has 2 rings (SSSR count). The van der Waals surface area contributed by atoms with Crippen LogP contribution in [0.2, 0.25) is 0 Å². The fourth-order valence-electron chi connectivity index (χ4n) is 2.49. The van der Waals surface area contributed by atoms with Crippen molar-refractivity contribution in [2.75, 3.05) is 11.9 Å². The number of carbonyl (C=O) groups excluding carboxylic acids is 4. The minimum Gasteiger partial charge on any atom is -0.453 e. The molecule has 0 aliphatic carbocycles. The molecule has 0 aromatic heterocycles. The van der Waals surface area contributed by atoms with Gasteiger partial charge in [-0.25, -0.2) is 0 Å². The Hall–Kier alpha value is -3.48. The molecule has 0 fully saturated rings. The molecule has 7 nitrogen and oxygen atoms in total. The highest BCUT2D eigenvalue weighted by Crippen LogP contribution is 2.13. The van der Waals surface area contributed by atoms with Gasteiger partial charge in [0, 0.05) is 22.7 Å². The molecule has 0 radical (unpaired) electrons. The van der Waals surface area contributed by atoms with Crippen molar-refractivity contribution >= 4 is 29.3 Å². The van der Waals surface area contributed by atoms with Gasteiger partial charge in [-0.1, -0.05) is 31.5 Å². The van der Waals surface area contributed by atoms with Gasteiger partial charge in [-0.05, 0) is 50.2 Å². The molecule has 0 spiro atoms. The standard InChI is InChI=1S/C23H26N2O5/c1-14(2)22(28)25-19-11-9-17(10-12-19)21(27)16(4)30-20(26)13-24-23(29)18-7-5-15(3)6-8-18/h5-12,14,16H,13H2,1-4H3,(H,24,29)(H,25,28). The Morgan fingerprint density at radius 3 is 2.00 bits per heavy atom. The molecular formula is C23H26N2O5. The maximum absolute atomic E-state index is 12.5. The first kappa shape index (κ1) is 22.8. The van der Waals surface area contributed by atoms with E-state index in [0.717, 1.165) is 5.56 Å².